The van der Waals surface area contributed by atoms with E-state index in [1.165, 1.54) is 44.9 Å². The van der Waals surface area contributed by atoms with Crippen LogP contribution in [0.2, 0.25) is 0 Å². The molecule has 0 saturated heterocycles. The van der Waals surface area contributed by atoms with Crippen molar-refractivity contribution in [3.05, 3.63) is 12.2 Å². The molecule has 0 atom stereocenters. The largest absolute Gasteiger partial charge is 0.481 e. The Bertz CT molecular complexity index is 255. The highest BCUT2D eigenvalue weighted by Gasteiger charge is 1.95. The lowest BCUT2D eigenvalue weighted by Gasteiger charge is -1.98. The first-order valence-corrected chi connectivity index (χ1v) is 7.57. The maximum absolute atomic E-state index is 10.3. The summed E-state index contributed by atoms with van der Waals surface area (Å²) >= 11 is 0. The Kier molecular flexibility index (Phi) is 18.6. The van der Waals surface area contributed by atoms with Gasteiger partial charge >= 0.3 is 5.97 Å². The zero-order valence-electron chi connectivity index (χ0n) is 12.9. The molecule has 0 aliphatic heterocycles. The topological polar surface area (TPSA) is 74.6 Å². The van der Waals surface area contributed by atoms with Crippen molar-refractivity contribution < 1.29 is 19.8 Å². The number of hydrogen-bond acceptors (Lipinski definition) is 2. The second-order valence-electron chi connectivity index (χ2n) is 4.83. The number of aliphatic carboxylic acids is 2. The van der Waals surface area contributed by atoms with Gasteiger partial charge in [0.25, 0.3) is 5.97 Å². The van der Waals surface area contributed by atoms with E-state index in [-0.39, 0.29) is 0 Å². The Morgan fingerprint density at radius 1 is 0.850 bits per heavy atom. The van der Waals surface area contributed by atoms with Crippen LogP contribution in [0.3, 0.4) is 0 Å². The Morgan fingerprint density at radius 2 is 1.30 bits per heavy atom. The Morgan fingerprint density at radius 3 is 1.80 bits per heavy atom. The molecular formula is C16H30O4. The summed E-state index contributed by atoms with van der Waals surface area (Å²) in [5.41, 5.74) is 0. The predicted molar refractivity (Wildman–Crippen MR) is 81.9 cm³/mol. The highest BCUT2D eigenvalue weighted by Crippen LogP contribution is 2.08. The van der Waals surface area contributed by atoms with Gasteiger partial charge in [0, 0.05) is 13.3 Å². The summed E-state index contributed by atoms with van der Waals surface area (Å²) in [6.45, 7) is 3.30. The maximum atomic E-state index is 10.3. The molecule has 4 heteroatoms. The molecule has 20 heavy (non-hydrogen) atoms. The van der Waals surface area contributed by atoms with Gasteiger partial charge in [0.15, 0.2) is 0 Å². The third-order valence-electron chi connectivity index (χ3n) is 2.65. The molecule has 0 aliphatic carbocycles. The summed E-state index contributed by atoms with van der Waals surface area (Å²) in [6.07, 6.45) is 15.4. The minimum absolute atomic E-state index is 0.330. The van der Waals surface area contributed by atoms with Gasteiger partial charge in [-0.3, -0.25) is 9.59 Å². The van der Waals surface area contributed by atoms with E-state index in [0.717, 1.165) is 19.8 Å². The predicted octanol–water partition coefficient (Wildman–Crippen LogP) is 4.64. The van der Waals surface area contributed by atoms with E-state index in [9.17, 15) is 4.79 Å². The number of carboxylic acid groups (broad SMARTS) is 2. The molecule has 0 rings (SSSR count). The molecule has 0 radical (unpaired) electrons. The molecule has 0 fully saturated rings. The molecule has 0 unspecified atom stereocenters. The summed E-state index contributed by atoms with van der Waals surface area (Å²) in [4.78, 5) is 19.3. The molecular weight excluding hydrogens is 256 g/mol. The summed E-state index contributed by atoms with van der Waals surface area (Å²) < 4.78 is 0. The van der Waals surface area contributed by atoms with Gasteiger partial charge < -0.3 is 10.2 Å². The van der Waals surface area contributed by atoms with Crippen molar-refractivity contribution in [1.29, 1.82) is 0 Å². The lowest BCUT2D eigenvalue weighted by Crippen LogP contribution is -1.93. The summed E-state index contributed by atoms with van der Waals surface area (Å²) in [6, 6.07) is 0. The van der Waals surface area contributed by atoms with E-state index in [2.05, 4.69) is 19.1 Å². The molecule has 0 amide bonds. The van der Waals surface area contributed by atoms with Gasteiger partial charge in [-0.05, 0) is 25.7 Å². The van der Waals surface area contributed by atoms with Crippen molar-refractivity contribution in [2.45, 2.75) is 78.1 Å². The molecule has 0 aromatic rings. The van der Waals surface area contributed by atoms with Crippen molar-refractivity contribution >= 4 is 11.9 Å². The molecule has 118 valence electrons. The van der Waals surface area contributed by atoms with E-state index in [1.54, 1.807) is 0 Å². The molecule has 0 aromatic carbocycles. The first kappa shape index (κ1) is 21.0. The van der Waals surface area contributed by atoms with Crippen LogP contribution in [0, 0.1) is 0 Å². The summed E-state index contributed by atoms with van der Waals surface area (Å²) in [5, 5.41) is 15.9. The smallest absolute Gasteiger partial charge is 0.303 e. The van der Waals surface area contributed by atoms with Crippen molar-refractivity contribution in [1.82, 2.24) is 0 Å². The van der Waals surface area contributed by atoms with Gasteiger partial charge in [-0.2, -0.15) is 0 Å². The minimum atomic E-state index is -0.833. The zero-order valence-corrected chi connectivity index (χ0v) is 12.9. The number of carbonyl (C=O) groups is 2. The third kappa shape index (κ3) is 30.1. The highest BCUT2D eigenvalue weighted by atomic mass is 16.4. The van der Waals surface area contributed by atoms with Gasteiger partial charge in [-0.25, -0.2) is 0 Å². The van der Waals surface area contributed by atoms with Crippen LogP contribution in [-0.4, -0.2) is 22.2 Å². The fraction of sp³-hybridized carbons (Fsp3) is 0.750. The average Bonchev–Trinajstić information content (AvgIpc) is 2.35. The lowest BCUT2D eigenvalue weighted by atomic mass is 10.1. The van der Waals surface area contributed by atoms with Crippen LogP contribution < -0.4 is 0 Å². The molecule has 0 aliphatic rings. The first-order valence-electron chi connectivity index (χ1n) is 7.57. The van der Waals surface area contributed by atoms with Crippen LogP contribution in [0.15, 0.2) is 12.2 Å². The number of allylic oxidation sites excluding steroid dienone is 2. The average molecular weight is 286 g/mol. The molecule has 4 nitrogen and oxygen atoms in total. The van der Waals surface area contributed by atoms with Crippen LogP contribution in [0.1, 0.15) is 78.1 Å². The van der Waals surface area contributed by atoms with E-state index >= 15 is 0 Å². The van der Waals surface area contributed by atoms with Crippen molar-refractivity contribution in [3.63, 3.8) is 0 Å². The van der Waals surface area contributed by atoms with Crippen LogP contribution in [0.4, 0.5) is 0 Å². The van der Waals surface area contributed by atoms with Crippen molar-refractivity contribution in [2.75, 3.05) is 0 Å². The first-order chi connectivity index (χ1) is 9.50. The molecule has 0 spiro atoms. The maximum Gasteiger partial charge on any atom is 0.303 e. The fourth-order valence-electron chi connectivity index (χ4n) is 1.63. The minimum Gasteiger partial charge on any atom is -0.481 e. The number of hydrogen-bond donors (Lipinski definition) is 2. The number of unbranched alkanes of at least 4 members (excludes halogenated alkanes) is 7. The monoisotopic (exact) mass is 286 g/mol. The molecule has 0 bridgehead atoms. The van der Waals surface area contributed by atoms with Crippen molar-refractivity contribution in [3.8, 4) is 0 Å². The normalized spacial score (nSPS) is 10.1. The van der Waals surface area contributed by atoms with E-state index in [1.807, 2.05) is 0 Å². The number of rotatable bonds is 11. The van der Waals surface area contributed by atoms with E-state index in [4.69, 9.17) is 15.0 Å². The zero-order chi connectivity index (χ0) is 15.6. The highest BCUT2D eigenvalue weighted by molar-refractivity contribution is 5.66. The molecule has 0 aromatic heterocycles. The van der Waals surface area contributed by atoms with E-state index < -0.39 is 11.9 Å². The molecule has 0 heterocycles. The second kappa shape index (κ2) is 17.7. The van der Waals surface area contributed by atoms with Gasteiger partial charge in [-0.15, -0.1) is 0 Å². The van der Waals surface area contributed by atoms with Crippen LogP contribution in [0.5, 0.6) is 0 Å². The standard InChI is InChI=1S/C14H26O2.C2H4O2/c1-2-3-4-5-6-7-8-9-10-11-12-13-14(15)16;1-2(3)4/h5-6H,2-4,7-13H2,1H3,(H,15,16);1H3,(H,3,4)/b6-5-;. The van der Waals surface area contributed by atoms with Gasteiger partial charge in [0.1, 0.15) is 0 Å². The lowest BCUT2D eigenvalue weighted by molar-refractivity contribution is -0.137. The second-order valence-corrected chi connectivity index (χ2v) is 4.83. The van der Waals surface area contributed by atoms with E-state index in [0.29, 0.717) is 6.42 Å². The van der Waals surface area contributed by atoms with Gasteiger partial charge in [0.2, 0.25) is 0 Å². The Hall–Kier alpha value is -1.32. The third-order valence-corrected chi connectivity index (χ3v) is 2.65. The van der Waals surface area contributed by atoms with Crippen LogP contribution in [-0.2, 0) is 9.59 Å². The van der Waals surface area contributed by atoms with Crippen LogP contribution >= 0.6 is 0 Å². The number of carboxylic acids is 2. The fourth-order valence-corrected chi connectivity index (χ4v) is 1.63. The summed E-state index contributed by atoms with van der Waals surface area (Å²) in [5.74, 6) is -1.50. The summed E-state index contributed by atoms with van der Waals surface area (Å²) in [7, 11) is 0. The Labute approximate surface area is 122 Å². The Balaban J connectivity index is 0. The van der Waals surface area contributed by atoms with Crippen LogP contribution in [0.25, 0.3) is 0 Å². The molecule has 2 N–H and O–H groups in total. The van der Waals surface area contributed by atoms with Gasteiger partial charge in [0.05, 0.1) is 0 Å². The molecule has 0 saturated carbocycles. The quantitative estimate of drug-likeness (QED) is 0.428. The van der Waals surface area contributed by atoms with Crippen molar-refractivity contribution in [2.24, 2.45) is 0 Å². The SMILES string of the molecule is CC(=O)O.CCCC/C=C\CCCCCCCC(=O)O. The van der Waals surface area contributed by atoms with Gasteiger partial charge in [-0.1, -0.05) is 51.2 Å².